The van der Waals surface area contributed by atoms with E-state index in [0.717, 1.165) is 23.7 Å². The zero-order valence-corrected chi connectivity index (χ0v) is 9.39. The molecule has 0 N–H and O–H groups in total. The van der Waals surface area contributed by atoms with E-state index in [1.54, 1.807) is 6.42 Å². The summed E-state index contributed by atoms with van der Waals surface area (Å²) in [6.45, 7) is 2.34. The van der Waals surface area contributed by atoms with E-state index < -0.39 is 0 Å². The minimum atomic E-state index is 0.438. The van der Waals surface area contributed by atoms with E-state index in [1.165, 1.54) is 32.1 Å². The fraction of sp³-hybridized carbons (Fsp3) is 1.00. The van der Waals surface area contributed by atoms with Gasteiger partial charge in [-0.05, 0) is 62.2 Å². The maximum Gasteiger partial charge on any atom is 0.0184 e. The predicted molar refractivity (Wildman–Crippen MR) is 59.1 cm³/mol. The minimum Gasteiger partial charge on any atom is -0.172 e. The van der Waals surface area contributed by atoms with Crippen molar-refractivity contribution in [3.05, 3.63) is 0 Å². The number of hydrogen-bond acceptors (Lipinski definition) is 1. The molecular weight excluding hydrogens is 176 g/mol. The number of thiol groups is 1. The van der Waals surface area contributed by atoms with Crippen molar-refractivity contribution in [3.63, 3.8) is 0 Å². The van der Waals surface area contributed by atoms with Crippen LogP contribution in [0.4, 0.5) is 0 Å². The van der Waals surface area contributed by atoms with Gasteiger partial charge in [-0.15, -0.1) is 0 Å². The van der Waals surface area contributed by atoms with Gasteiger partial charge in [0, 0.05) is 4.75 Å². The van der Waals surface area contributed by atoms with E-state index in [2.05, 4.69) is 6.92 Å². The highest BCUT2D eigenvalue weighted by Gasteiger charge is 2.54. The molecule has 0 nitrogen and oxygen atoms in total. The third kappa shape index (κ3) is 1.06. The second-order valence-corrected chi connectivity index (χ2v) is 6.48. The summed E-state index contributed by atoms with van der Waals surface area (Å²) in [6.07, 6.45) is 8.87. The summed E-state index contributed by atoms with van der Waals surface area (Å²) in [5.41, 5.74) is 0. The first-order valence-corrected chi connectivity index (χ1v) is 6.39. The Kier molecular flexibility index (Phi) is 1.78. The van der Waals surface area contributed by atoms with Crippen LogP contribution < -0.4 is 0 Å². The Hall–Kier alpha value is 0.350. The van der Waals surface area contributed by atoms with Gasteiger partial charge in [-0.25, -0.2) is 0 Å². The molecule has 4 rings (SSSR count). The van der Waals surface area contributed by atoms with Crippen LogP contribution in [0.15, 0.2) is 0 Å². The Bertz CT molecular complexity index is 193. The molecule has 4 saturated carbocycles. The smallest absolute Gasteiger partial charge is 0.0184 e. The molecular formula is C12H20S. The average Bonchev–Trinajstić information content (AvgIpc) is 2.13. The molecule has 0 spiro atoms. The fourth-order valence-electron chi connectivity index (χ4n) is 4.58. The van der Waals surface area contributed by atoms with Crippen molar-refractivity contribution >= 4 is 12.6 Å². The standard InChI is InChI=1S/C12H20S/c1-2-12(13)10-4-8-3-9(6-10)7-11(12)5-8/h8-11,13H,2-7H2,1H3. The van der Waals surface area contributed by atoms with E-state index >= 15 is 0 Å². The zero-order chi connectivity index (χ0) is 9.05. The normalized spacial score (nSPS) is 58.6. The van der Waals surface area contributed by atoms with E-state index in [9.17, 15) is 0 Å². The highest BCUT2D eigenvalue weighted by atomic mass is 32.1. The largest absolute Gasteiger partial charge is 0.172 e. The summed E-state index contributed by atoms with van der Waals surface area (Å²) >= 11 is 5.03. The van der Waals surface area contributed by atoms with Gasteiger partial charge in [0.2, 0.25) is 0 Å². The van der Waals surface area contributed by atoms with Crippen LogP contribution >= 0.6 is 12.6 Å². The second kappa shape index (κ2) is 2.68. The van der Waals surface area contributed by atoms with Crippen molar-refractivity contribution in [2.45, 2.75) is 50.2 Å². The lowest BCUT2D eigenvalue weighted by atomic mass is 9.51. The molecule has 0 radical (unpaired) electrons. The van der Waals surface area contributed by atoms with Crippen LogP contribution in [0.2, 0.25) is 0 Å². The molecule has 0 heterocycles. The van der Waals surface area contributed by atoms with Gasteiger partial charge in [-0.2, -0.15) is 12.6 Å². The molecule has 1 heteroatoms. The minimum absolute atomic E-state index is 0.438. The lowest BCUT2D eigenvalue weighted by Crippen LogP contribution is -2.54. The van der Waals surface area contributed by atoms with Crippen LogP contribution in [0.1, 0.15) is 45.4 Å². The maximum atomic E-state index is 5.03. The summed E-state index contributed by atoms with van der Waals surface area (Å²) in [4.78, 5) is 0. The average molecular weight is 196 g/mol. The highest BCUT2D eigenvalue weighted by Crippen LogP contribution is 2.61. The van der Waals surface area contributed by atoms with Gasteiger partial charge in [0.15, 0.2) is 0 Å². The Morgan fingerprint density at radius 3 is 1.85 bits per heavy atom. The Morgan fingerprint density at radius 1 is 1.00 bits per heavy atom. The Labute approximate surface area is 86.9 Å². The third-order valence-corrected chi connectivity index (χ3v) is 6.16. The van der Waals surface area contributed by atoms with Gasteiger partial charge >= 0.3 is 0 Å². The van der Waals surface area contributed by atoms with Crippen LogP contribution in [0.3, 0.4) is 0 Å². The molecule has 0 aromatic heterocycles. The number of rotatable bonds is 1. The topological polar surface area (TPSA) is 0 Å². The molecule has 4 aliphatic carbocycles. The quantitative estimate of drug-likeness (QED) is 0.610. The summed E-state index contributed by atoms with van der Waals surface area (Å²) in [5.74, 6) is 4.12. The van der Waals surface area contributed by atoms with E-state index in [1.807, 2.05) is 0 Å². The van der Waals surface area contributed by atoms with Crippen LogP contribution in [0.25, 0.3) is 0 Å². The van der Waals surface area contributed by atoms with Gasteiger partial charge in [0.1, 0.15) is 0 Å². The molecule has 0 aromatic carbocycles. The molecule has 0 saturated heterocycles. The van der Waals surface area contributed by atoms with Gasteiger partial charge in [-0.1, -0.05) is 6.92 Å². The zero-order valence-electron chi connectivity index (χ0n) is 8.50. The van der Waals surface area contributed by atoms with Gasteiger partial charge < -0.3 is 0 Å². The lowest BCUT2D eigenvalue weighted by molar-refractivity contribution is -0.0170. The SMILES string of the molecule is CCC1(S)C2CC3CC(C2)CC1C3. The second-order valence-electron chi connectivity index (χ2n) is 5.65. The molecule has 0 unspecified atom stereocenters. The summed E-state index contributed by atoms with van der Waals surface area (Å²) in [5, 5.41) is 0. The van der Waals surface area contributed by atoms with Crippen molar-refractivity contribution in [1.29, 1.82) is 0 Å². The highest BCUT2D eigenvalue weighted by molar-refractivity contribution is 7.81. The molecule has 74 valence electrons. The van der Waals surface area contributed by atoms with Crippen molar-refractivity contribution in [1.82, 2.24) is 0 Å². The lowest BCUT2D eigenvalue weighted by Gasteiger charge is -2.59. The van der Waals surface area contributed by atoms with Crippen LogP contribution in [0.5, 0.6) is 0 Å². The van der Waals surface area contributed by atoms with Gasteiger partial charge in [0.25, 0.3) is 0 Å². The molecule has 0 aromatic rings. The third-order valence-electron chi connectivity index (χ3n) is 5.12. The summed E-state index contributed by atoms with van der Waals surface area (Å²) < 4.78 is 0.438. The first kappa shape index (κ1) is 8.64. The van der Waals surface area contributed by atoms with Crippen LogP contribution in [0, 0.1) is 23.7 Å². The molecule has 4 aliphatic rings. The summed E-state index contributed by atoms with van der Waals surface area (Å²) in [6, 6.07) is 0. The Balaban J connectivity index is 1.93. The van der Waals surface area contributed by atoms with Crippen molar-refractivity contribution in [2.24, 2.45) is 23.7 Å². The monoisotopic (exact) mass is 196 g/mol. The molecule has 0 aliphatic heterocycles. The summed E-state index contributed by atoms with van der Waals surface area (Å²) in [7, 11) is 0. The van der Waals surface area contributed by atoms with Crippen molar-refractivity contribution in [3.8, 4) is 0 Å². The molecule has 4 fully saturated rings. The van der Waals surface area contributed by atoms with Crippen LogP contribution in [-0.4, -0.2) is 4.75 Å². The van der Waals surface area contributed by atoms with Crippen LogP contribution in [-0.2, 0) is 0 Å². The van der Waals surface area contributed by atoms with E-state index in [4.69, 9.17) is 12.6 Å². The molecule has 0 amide bonds. The fourth-order valence-corrected chi connectivity index (χ4v) is 5.00. The molecule has 4 bridgehead atoms. The number of hydrogen-bond donors (Lipinski definition) is 1. The van der Waals surface area contributed by atoms with E-state index in [0.29, 0.717) is 4.75 Å². The predicted octanol–water partition coefficient (Wildman–Crippen LogP) is 3.52. The molecule has 0 atom stereocenters. The van der Waals surface area contributed by atoms with Crippen molar-refractivity contribution < 1.29 is 0 Å². The van der Waals surface area contributed by atoms with Gasteiger partial charge in [0.05, 0.1) is 0 Å². The first-order chi connectivity index (χ1) is 6.22. The van der Waals surface area contributed by atoms with E-state index in [-0.39, 0.29) is 0 Å². The van der Waals surface area contributed by atoms with Gasteiger partial charge in [-0.3, -0.25) is 0 Å². The first-order valence-electron chi connectivity index (χ1n) is 5.94. The maximum absolute atomic E-state index is 5.03. The Morgan fingerprint density at radius 2 is 1.46 bits per heavy atom. The molecule has 13 heavy (non-hydrogen) atoms. The van der Waals surface area contributed by atoms with Crippen molar-refractivity contribution in [2.75, 3.05) is 0 Å².